The van der Waals surface area contributed by atoms with E-state index in [4.69, 9.17) is 16.3 Å². The average Bonchev–Trinajstić information content (AvgIpc) is 2.72. The van der Waals surface area contributed by atoms with Gasteiger partial charge in [-0.1, -0.05) is 29.8 Å². The molecule has 9 heteroatoms. The van der Waals surface area contributed by atoms with Crippen LogP contribution in [0, 0.1) is 5.82 Å². The number of nitrogens with zero attached hydrogens (tertiary/aromatic N) is 1. The molecule has 0 aliphatic carbocycles. The monoisotopic (exact) mass is 548 g/mol. The van der Waals surface area contributed by atoms with Gasteiger partial charge in [0.05, 0.1) is 12.7 Å². The third kappa shape index (κ3) is 8.35. The van der Waals surface area contributed by atoms with Crippen molar-refractivity contribution in [2.75, 3.05) is 33.3 Å². The van der Waals surface area contributed by atoms with Crippen molar-refractivity contribution in [3.05, 3.63) is 64.4 Å². The lowest BCUT2D eigenvalue weighted by Crippen LogP contribution is -2.41. The van der Waals surface area contributed by atoms with Crippen LogP contribution in [0.3, 0.4) is 0 Å². The Hall–Kier alpha value is -2.07. The molecule has 0 atom stereocenters. The summed E-state index contributed by atoms with van der Waals surface area (Å²) in [6, 6.07) is 11.5. The first-order chi connectivity index (χ1) is 14.0. The lowest BCUT2D eigenvalue weighted by molar-refractivity contribution is 0.0950. The van der Waals surface area contributed by atoms with Gasteiger partial charge in [-0.2, -0.15) is 0 Å². The van der Waals surface area contributed by atoms with Crippen LogP contribution >= 0.6 is 35.6 Å². The van der Waals surface area contributed by atoms with E-state index >= 15 is 0 Å². The van der Waals surface area contributed by atoms with Crippen molar-refractivity contribution in [3.63, 3.8) is 0 Å². The summed E-state index contributed by atoms with van der Waals surface area (Å²) >= 11 is 6.25. The molecule has 0 bridgehead atoms. The van der Waals surface area contributed by atoms with Crippen LogP contribution in [0.15, 0.2) is 47.5 Å². The molecule has 164 valence electrons. The summed E-state index contributed by atoms with van der Waals surface area (Å²) in [5.74, 6) is 0.373. The number of nitrogens with one attached hydrogen (secondary N) is 3. The maximum absolute atomic E-state index is 13.6. The fourth-order valence-corrected chi connectivity index (χ4v) is 2.85. The molecule has 0 aliphatic rings. The molecule has 0 heterocycles. The molecular formula is C21H27ClFIN4O2. The molecule has 1 amide bonds. The van der Waals surface area contributed by atoms with E-state index < -0.39 is 11.7 Å². The number of carbonyl (C=O) groups excluding carboxylic acids is 1. The molecule has 0 radical (unpaired) electrons. The molecular weight excluding hydrogens is 522 g/mol. The van der Waals surface area contributed by atoms with Gasteiger partial charge < -0.3 is 20.7 Å². The smallest absolute Gasteiger partial charge is 0.254 e. The number of carbonyl (C=O) groups is 1. The summed E-state index contributed by atoms with van der Waals surface area (Å²) in [4.78, 5) is 16.5. The van der Waals surface area contributed by atoms with E-state index in [1.807, 2.05) is 19.1 Å². The fourth-order valence-electron chi connectivity index (χ4n) is 2.59. The normalized spacial score (nSPS) is 10.7. The van der Waals surface area contributed by atoms with Crippen LogP contribution in [-0.2, 0) is 6.42 Å². The highest BCUT2D eigenvalue weighted by Crippen LogP contribution is 2.22. The molecule has 0 fully saturated rings. The van der Waals surface area contributed by atoms with Gasteiger partial charge in [0.2, 0.25) is 0 Å². The molecule has 3 N–H and O–H groups in total. The first kappa shape index (κ1) is 26.0. The molecule has 2 rings (SSSR count). The number of guanidine groups is 1. The lowest BCUT2D eigenvalue weighted by Gasteiger charge is -2.12. The van der Waals surface area contributed by atoms with Crippen molar-refractivity contribution >= 4 is 47.4 Å². The highest BCUT2D eigenvalue weighted by atomic mass is 127. The van der Waals surface area contributed by atoms with Crippen molar-refractivity contribution < 1.29 is 13.9 Å². The predicted molar refractivity (Wildman–Crippen MR) is 130 cm³/mol. The predicted octanol–water partition coefficient (Wildman–Crippen LogP) is 3.63. The number of methoxy groups -OCH3 is 1. The third-order valence-electron chi connectivity index (χ3n) is 4.08. The highest BCUT2D eigenvalue weighted by Gasteiger charge is 2.09. The fraction of sp³-hybridized carbons (Fsp3) is 0.333. The summed E-state index contributed by atoms with van der Waals surface area (Å²) in [6.07, 6.45) is 0.684. The van der Waals surface area contributed by atoms with Gasteiger partial charge in [-0.25, -0.2) is 4.39 Å². The van der Waals surface area contributed by atoms with E-state index in [-0.39, 0.29) is 29.5 Å². The van der Waals surface area contributed by atoms with Crippen molar-refractivity contribution in [1.82, 2.24) is 16.0 Å². The van der Waals surface area contributed by atoms with Crippen molar-refractivity contribution in [2.45, 2.75) is 13.3 Å². The Kier molecular flexibility index (Phi) is 12.1. The molecule has 0 saturated carbocycles. The Morgan fingerprint density at radius 2 is 1.87 bits per heavy atom. The van der Waals surface area contributed by atoms with E-state index in [2.05, 4.69) is 20.9 Å². The maximum atomic E-state index is 13.6. The Morgan fingerprint density at radius 3 is 2.53 bits per heavy atom. The molecule has 2 aromatic rings. The topological polar surface area (TPSA) is 74.8 Å². The second kappa shape index (κ2) is 14.0. The molecule has 6 nitrogen and oxygen atoms in total. The summed E-state index contributed by atoms with van der Waals surface area (Å²) < 4.78 is 18.8. The molecule has 0 saturated heterocycles. The Balaban J connectivity index is 0.00000450. The van der Waals surface area contributed by atoms with Gasteiger partial charge in [-0.3, -0.25) is 9.79 Å². The summed E-state index contributed by atoms with van der Waals surface area (Å²) in [5, 5.41) is 9.61. The average molecular weight is 549 g/mol. The zero-order valence-electron chi connectivity index (χ0n) is 17.0. The SMILES string of the molecule is CCNC(=NCCc1ccc(OC)cc1Cl)NCCNC(=O)c1ccccc1F.I. The second-order valence-electron chi connectivity index (χ2n) is 6.13. The molecule has 0 aromatic heterocycles. The van der Waals surface area contributed by atoms with Crippen LogP contribution in [0.25, 0.3) is 0 Å². The molecule has 0 spiro atoms. The number of ether oxygens (including phenoxy) is 1. The van der Waals surface area contributed by atoms with Gasteiger partial charge >= 0.3 is 0 Å². The van der Waals surface area contributed by atoms with E-state index in [0.29, 0.717) is 43.6 Å². The number of hydrogen-bond acceptors (Lipinski definition) is 3. The first-order valence-corrected chi connectivity index (χ1v) is 9.80. The molecule has 30 heavy (non-hydrogen) atoms. The van der Waals surface area contributed by atoms with E-state index in [0.717, 1.165) is 11.3 Å². The van der Waals surface area contributed by atoms with Crippen LogP contribution in [-0.4, -0.2) is 45.2 Å². The Morgan fingerprint density at radius 1 is 1.13 bits per heavy atom. The highest BCUT2D eigenvalue weighted by molar-refractivity contribution is 14.0. The van der Waals surface area contributed by atoms with Gasteiger partial charge in [-0.05, 0) is 43.2 Å². The Labute approximate surface area is 198 Å². The minimum atomic E-state index is -0.537. The van der Waals surface area contributed by atoms with Crippen LogP contribution in [0.4, 0.5) is 4.39 Å². The third-order valence-corrected chi connectivity index (χ3v) is 4.43. The lowest BCUT2D eigenvalue weighted by atomic mass is 10.1. The maximum Gasteiger partial charge on any atom is 0.254 e. The summed E-state index contributed by atoms with van der Waals surface area (Å²) in [6.45, 7) is 4.01. The molecule has 0 unspecified atom stereocenters. The number of aliphatic imine (C=N–C) groups is 1. The van der Waals surface area contributed by atoms with Crippen LogP contribution < -0.4 is 20.7 Å². The number of rotatable bonds is 9. The number of halogens is 3. The van der Waals surface area contributed by atoms with Gasteiger partial charge in [0.25, 0.3) is 5.91 Å². The number of amides is 1. The van der Waals surface area contributed by atoms with E-state index in [1.54, 1.807) is 25.3 Å². The summed E-state index contributed by atoms with van der Waals surface area (Å²) in [5.41, 5.74) is 1.02. The van der Waals surface area contributed by atoms with Crippen LogP contribution in [0.5, 0.6) is 5.75 Å². The number of benzene rings is 2. The van der Waals surface area contributed by atoms with Gasteiger partial charge in [-0.15, -0.1) is 24.0 Å². The second-order valence-corrected chi connectivity index (χ2v) is 6.54. The zero-order valence-corrected chi connectivity index (χ0v) is 20.1. The van der Waals surface area contributed by atoms with Gasteiger partial charge in [0, 0.05) is 31.2 Å². The summed E-state index contributed by atoms with van der Waals surface area (Å²) in [7, 11) is 1.60. The molecule has 0 aliphatic heterocycles. The largest absolute Gasteiger partial charge is 0.497 e. The zero-order chi connectivity index (χ0) is 21.1. The number of hydrogen-bond donors (Lipinski definition) is 3. The van der Waals surface area contributed by atoms with Crippen molar-refractivity contribution in [1.29, 1.82) is 0 Å². The van der Waals surface area contributed by atoms with Crippen LogP contribution in [0.1, 0.15) is 22.8 Å². The van der Waals surface area contributed by atoms with E-state index in [1.165, 1.54) is 12.1 Å². The first-order valence-electron chi connectivity index (χ1n) is 9.42. The molecule has 2 aromatic carbocycles. The van der Waals surface area contributed by atoms with E-state index in [9.17, 15) is 9.18 Å². The van der Waals surface area contributed by atoms with Crippen molar-refractivity contribution in [2.24, 2.45) is 4.99 Å². The van der Waals surface area contributed by atoms with Crippen molar-refractivity contribution in [3.8, 4) is 5.75 Å². The Bertz CT molecular complexity index is 852. The van der Waals surface area contributed by atoms with Gasteiger partial charge in [0.1, 0.15) is 11.6 Å². The quantitative estimate of drug-likeness (QED) is 0.194. The standard InChI is InChI=1S/C21H26ClFN4O2.HI/c1-3-24-21(26-11-10-15-8-9-16(29-2)14-18(15)22)27-13-12-25-20(28)17-6-4-5-7-19(17)23;/h4-9,14H,3,10-13H2,1-2H3,(H,25,28)(H2,24,26,27);1H. The van der Waals surface area contributed by atoms with Crippen LogP contribution in [0.2, 0.25) is 5.02 Å². The van der Waals surface area contributed by atoms with Gasteiger partial charge in [0.15, 0.2) is 5.96 Å². The minimum absolute atomic E-state index is 0. The minimum Gasteiger partial charge on any atom is -0.497 e.